The number of alkyl halides is 2. The molecule has 0 bridgehead atoms. The summed E-state index contributed by atoms with van der Waals surface area (Å²) in [7, 11) is 0. The zero-order valence-electron chi connectivity index (χ0n) is 9.27. The molecule has 0 spiro atoms. The van der Waals surface area contributed by atoms with Crippen LogP contribution in [0.3, 0.4) is 0 Å². The van der Waals surface area contributed by atoms with E-state index in [-0.39, 0.29) is 12.3 Å². The maximum absolute atomic E-state index is 11.8. The monoisotopic (exact) mass is 259 g/mol. The topological polar surface area (TPSA) is 84.3 Å². The van der Waals surface area contributed by atoms with Crippen molar-refractivity contribution in [3.8, 4) is 0 Å². The van der Waals surface area contributed by atoms with E-state index in [2.05, 4.69) is 20.5 Å². The van der Waals surface area contributed by atoms with E-state index in [0.29, 0.717) is 18.0 Å². The summed E-state index contributed by atoms with van der Waals surface area (Å²) in [5.41, 5.74) is 0.0512. The Bertz CT molecular complexity index is 567. The number of hydrogen-bond donors (Lipinski definition) is 2. The van der Waals surface area contributed by atoms with E-state index in [4.69, 9.17) is 4.74 Å². The summed E-state index contributed by atoms with van der Waals surface area (Å²) in [5.74, 6) is 0.488. The molecule has 2 aromatic heterocycles. The van der Waals surface area contributed by atoms with Gasteiger partial charge in [-0.3, -0.25) is 0 Å². The summed E-state index contributed by atoms with van der Waals surface area (Å²) in [6, 6.07) is 1.56. The number of halogens is 2. The molecule has 0 aromatic carbocycles. The normalized spacial score (nSPS) is 11.3. The van der Waals surface area contributed by atoms with Gasteiger partial charge in [-0.05, 0) is 0 Å². The minimum atomic E-state index is -2.46. The highest BCUT2D eigenvalue weighted by molar-refractivity contribution is 5.48. The van der Waals surface area contributed by atoms with Gasteiger partial charge in [0.1, 0.15) is 18.8 Å². The molecule has 0 amide bonds. The van der Waals surface area contributed by atoms with Crippen molar-refractivity contribution >= 4 is 11.5 Å². The van der Waals surface area contributed by atoms with Crippen molar-refractivity contribution in [2.24, 2.45) is 0 Å². The Balaban J connectivity index is 1.86. The first-order valence-electron chi connectivity index (χ1n) is 5.19. The molecule has 2 N–H and O–H groups in total. The number of nitrogens with one attached hydrogen (secondary N) is 2. The molecule has 0 saturated carbocycles. The zero-order chi connectivity index (χ0) is 13.0. The van der Waals surface area contributed by atoms with Gasteiger partial charge < -0.3 is 10.1 Å². The van der Waals surface area contributed by atoms with Gasteiger partial charge in [-0.25, -0.2) is 28.1 Å². The Morgan fingerprint density at radius 2 is 2.39 bits per heavy atom. The molecule has 18 heavy (non-hydrogen) atoms. The van der Waals surface area contributed by atoms with Crippen LogP contribution in [0.15, 0.2) is 17.2 Å². The van der Waals surface area contributed by atoms with Crippen molar-refractivity contribution in [2.75, 3.05) is 25.1 Å². The highest BCUT2D eigenvalue weighted by Crippen LogP contribution is 2.03. The summed E-state index contributed by atoms with van der Waals surface area (Å²) in [6.45, 7) is -0.0992. The Kier molecular flexibility index (Phi) is 3.82. The van der Waals surface area contributed by atoms with Gasteiger partial charge in [-0.1, -0.05) is 0 Å². The Hall–Kier alpha value is -2.03. The van der Waals surface area contributed by atoms with E-state index in [9.17, 15) is 13.6 Å². The lowest BCUT2D eigenvalue weighted by Gasteiger charge is -2.06. The average Bonchev–Trinajstić information content (AvgIpc) is 2.70. The molecule has 9 heteroatoms. The van der Waals surface area contributed by atoms with Crippen LogP contribution in [-0.4, -0.2) is 45.8 Å². The molecule has 0 aliphatic carbocycles. The van der Waals surface area contributed by atoms with Crippen LogP contribution in [0.2, 0.25) is 0 Å². The van der Waals surface area contributed by atoms with Gasteiger partial charge in [0, 0.05) is 12.6 Å². The standard InChI is InChI=1S/C9H11F2N5O2/c10-6(11)4-18-2-1-12-7-3-8-14-15-9(17)16(8)5-13-7/h3,5-6,12H,1-2,4H2,(H,15,17). The van der Waals surface area contributed by atoms with Crippen molar-refractivity contribution in [3.05, 3.63) is 22.9 Å². The number of fused-ring (bicyclic) bond motifs is 1. The van der Waals surface area contributed by atoms with Gasteiger partial charge in [0.25, 0.3) is 6.43 Å². The third-order valence-corrected chi connectivity index (χ3v) is 2.11. The van der Waals surface area contributed by atoms with Crippen molar-refractivity contribution in [3.63, 3.8) is 0 Å². The van der Waals surface area contributed by atoms with Gasteiger partial charge in [-0.15, -0.1) is 0 Å². The SMILES string of the molecule is O=c1[nH]nc2cc(NCCOCC(F)F)ncn12. The number of hydrogen-bond acceptors (Lipinski definition) is 5. The van der Waals surface area contributed by atoms with Crippen LogP contribution in [-0.2, 0) is 4.74 Å². The van der Waals surface area contributed by atoms with Crippen LogP contribution >= 0.6 is 0 Å². The Morgan fingerprint density at radius 3 is 3.17 bits per heavy atom. The van der Waals surface area contributed by atoms with Crippen molar-refractivity contribution < 1.29 is 13.5 Å². The lowest BCUT2D eigenvalue weighted by molar-refractivity contribution is 0.0215. The number of H-pyrrole nitrogens is 1. The van der Waals surface area contributed by atoms with Gasteiger partial charge in [-0.2, -0.15) is 5.10 Å². The zero-order valence-corrected chi connectivity index (χ0v) is 9.27. The fraction of sp³-hybridized carbons (Fsp3) is 0.444. The van der Waals surface area contributed by atoms with Crippen LogP contribution < -0.4 is 11.0 Å². The van der Waals surface area contributed by atoms with Crippen LogP contribution in [0.5, 0.6) is 0 Å². The summed E-state index contributed by atoms with van der Waals surface area (Å²) in [4.78, 5) is 15.1. The van der Waals surface area contributed by atoms with E-state index in [1.54, 1.807) is 6.07 Å². The lowest BCUT2D eigenvalue weighted by Crippen LogP contribution is -2.14. The largest absolute Gasteiger partial charge is 0.374 e. The second-order valence-electron chi connectivity index (χ2n) is 3.42. The summed E-state index contributed by atoms with van der Waals surface area (Å²) in [6.07, 6.45) is -1.14. The summed E-state index contributed by atoms with van der Waals surface area (Å²) < 4.78 is 29.5. The maximum Gasteiger partial charge on any atom is 0.348 e. The van der Waals surface area contributed by atoms with E-state index in [1.165, 1.54) is 10.7 Å². The Morgan fingerprint density at radius 1 is 1.56 bits per heavy atom. The molecule has 2 aromatic rings. The number of aromatic amines is 1. The van der Waals surface area contributed by atoms with Crippen LogP contribution in [0.25, 0.3) is 5.65 Å². The fourth-order valence-corrected chi connectivity index (χ4v) is 1.33. The number of anilines is 1. The molecule has 0 radical (unpaired) electrons. The third kappa shape index (κ3) is 3.00. The third-order valence-electron chi connectivity index (χ3n) is 2.11. The van der Waals surface area contributed by atoms with Crippen LogP contribution in [0.1, 0.15) is 0 Å². The fourth-order valence-electron chi connectivity index (χ4n) is 1.33. The predicted molar refractivity (Wildman–Crippen MR) is 58.9 cm³/mol. The van der Waals surface area contributed by atoms with Gasteiger partial charge >= 0.3 is 5.69 Å². The second kappa shape index (κ2) is 5.54. The number of rotatable bonds is 6. The van der Waals surface area contributed by atoms with E-state index in [1.807, 2.05) is 0 Å². The van der Waals surface area contributed by atoms with E-state index < -0.39 is 13.0 Å². The van der Waals surface area contributed by atoms with E-state index >= 15 is 0 Å². The lowest BCUT2D eigenvalue weighted by atomic mass is 10.5. The number of aromatic nitrogens is 4. The highest BCUT2D eigenvalue weighted by Gasteiger charge is 2.03. The molecule has 0 aliphatic heterocycles. The highest BCUT2D eigenvalue weighted by atomic mass is 19.3. The molecule has 0 fully saturated rings. The summed E-state index contributed by atoms with van der Waals surface area (Å²) >= 11 is 0. The Labute approximate surface area is 99.8 Å². The number of ether oxygens (including phenoxy) is 1. The van der Waals surface area contributed by atoms with Gasteiger partial charge in [0.15, 0.2) is 5.65 Å². The first kappa shape index (κ1) is 12.4. The summed E-state index contributed by atoms with van der Waals surface area (Å²) in [5, 5.41) is 8.91. The predicted octanol–water partition coefficient (Wildman–Crippen LogP) is 0.111. The maximum atomic E-state index is 11.8. The van der Waals surface area contributed by atoms with Crippen molar-refractivity contribution in [2.45, 2.75) is 6.43 Å². The number of nitrogens with zero attached hydrogens (tertiary/aromatic N) is 3. The molecule has 98 valence electrons. The molecular weight excluding hydrogens is 248 g/mol. The average molecular weight is 259 g/mol. The molecule has 0 unspecified atom stereocenters. The minimum Gasteiger partial charge on any atom is -0.374 e. The first-order chi connectivity index (χ1) is 8.66. The minimum absolute atomic E-state index is 0.143. The molecule has 2 heterocycles. The molecular formula is C9H11F2N5O2. The quantitative estimate of drug-likeness (QED) is 0.719. The molecule has 0 atom stereocenters. The smallest absolute Gasteiger partial charge is 0.348 e. The molecule has 7 nitrogen and oxygen atoms in total. The second-order valence-corrected chi connectivity index (χ2v) is 3.42. The van der Waals surface area contributed by atoms with Crippen molar-refractivity contribution in [1.29, 1.82) is 0 Å². The molecule has 2 rings (SSSR count). The molecule has 0 aliphatic rings. The van der Waals surface area contributed by atoms with Gasteiger partial charge in [0.2, 0.25) is 0 Å². The van der Waals surface area contributed by atoms with E-state index in [0.717, 1.165) is 0 Å². The first-order valence-corrected chi connectivity index (χ1v) is 5.19. The molecule has 0 saturated heterocycles. The van der Waals surface area contributed by atoms with Crippen LogP contribution in [0.4, 0.5) is 14.6 Å². The van der Waals surface area contributed by atoms with Crippen LogP contribution in [0, 0.1) is 0 Å². The van der Waals surface area contributed by atoms with Crippen molar-refractivity contribution in [1.82, 2.24) is 19.6 Å². The van der Waals surface area contributed by atoms with Gasteiger partial charge in [0.05, 0.1) is 6.61 Å².